The Morgan fingerprint density at radius 2 is 0.844 bits per heavy atom. The Balaban J connectivity index is 1.13. The Labute approximate surface area is 375 Å². The van der Waals surface area contributed by atoms with Gasteiger partial charge in [-0.2, -0.15) is 0 Å². The van der Waals surface area contributed by atoms with Crippen LogP contribution in [0.1, 0.15) is 25.0 Å². The third kappa shape index (κ3) is 6.00. The summed E-state index contributed by atoms with van der Waals surface area (Å²) in [6.07, 6.45) is 0. The predicted octanol–water partition coefficient (Wildman–Crippen LogP) is 17.6. The summed E-state index contributed by atoms with van der Waals surface area (Å²) in [4.78, 5) is 2.52. The molecular weight excluding hydrogens is 771 g/mol. The maximum Gasteiger partial charge on any atom is 0.0540 e. The Morgan fingerprint density at radius 3 is 1.66 bits per heavy atom. The molecule has 0 unspecified atom stereocenters. The zero-order chi connectivity index (χ0) is 42.8. The first-order chi connectivity index (χ1) is 31.5. The minimum Gasteiger partial charge on any atom is -0.309 e. The largest absolute Gasteiger partial charge is 0.309 e. The molecule has 1 nitrogen and oxygen atoms in total. The SMILES string of the molecule is CC1(C)c2ccccc2-c2c(-c3ccccc3N(c3cccc(-c4cccc5c4ccc4ccccc45)c3)c3ccccc3-c3cccc4cccc(-c5ccccc5)c34)cccc21. The molecule has 0 fully saturated rings. The van der Waals surface area contributed by atoms with Gasteiger partial charge in [-0.05, 0) is 112 Å². The number of fused-ring (bicyclic) bond motifs is 7. The van der Waals surface area contributed by atoms with Crippen LogP contribution in [0.15, 0.2) is 237 Å². The van der Waals surface area contributed by atoms with Gasteiger partial charge >= 0.3 is 0 Å². The summed E-state index contributed by atoms with van der Waals surface area (Å²) in [5.41, 5.74) is 18.2. The molecule has 0 bridgehead atoms. The molecule has 0 atom stereocenters. The van der Waals surface area contributed by atoms with E-state index in [2.05, 4.69) is 255 Å². The van der Waals surface area contributed by atoms with Crippen LogP contribution in [0, 0.1) is 0 Å². The van der Waals surface area contributed by atoms with Gasteiger partial charge in [-0.15, -0.1) is 0 Å². The van der Waals surface area contributed by atoms with Gasteiger partial charge in [0.25, 0.3) is 0 Å². The van der Waals surface area contributed by atoms with Gasteiger partial charge in [-0.25, -0.2) is 0 Å². The van der Waals surface area contributed by atoms with E-state index in [1.165, 1.54) is 93.5 Å². The maximum atomic E-state index is 2.52. The van der Waals surface area contributed by atoms with Crippen molar-refractivity contribution in [2.24, 2.45) is 0 Å². The van der Waals surface area contributed by atoms with Gasteiger partial charge in [0.15, 0.2) is 0 Å². The summed E-state index contributed by atoms with van der Waals surface area (Å²) < 4.78 is 0. The average Bonchev–Trinajstić information content (AvgIpc) is 3.60. The van der Waals surface area contributed by atoms with E-state index in [9.17, 15) is 0 Å². The minimum atomic E-state index is -0.119. The van der Waals surface area contributed by atoms with Gasteiger partial charge in [0.1, 0.15) is 0 Å². The van der Waals surface area contributed by atoms with Crippen LogP contribution in [0.2, 0.25) is 0 Å². The molecule has 11 aromatic carbocycles. The van der Waals surface area contributed by atoms with Crippen LogP contribution >= 0.6 is 0 Å². The third-order valence-electron chi connectivity index (χ3n) is 13.7. The van der Waals surface area contributed by atoms with Gasteiger partial charge in [0.05, 0.1) is 11.4 Å². The fourth-order valence-electron chi connectivity index (χ4n) is 10.7. The standard InChI is InChI=1S/C63H45N/c1-63(2)57-35-11-8-29-56(57)62-55(34-18-36-58(62)63)53-28-10-13-38-60(53)64(46-25-14-24-45(41-46)48-30-17-32-50-47-26-7-6-21-43(47)39-40-51(48)50)59-37-12-9-27-52(59)54-33-16-23-44-22-15-31-49(61(44)54)42-19-4-3-5-20-42/h3-41H,1-2H3. The maximum absolute atomic E-state index is 2.52. The zero-order valence-electron chi connectivity index (χ0n) is 36.0. The quantitative estimate of drug-likeness (QED) is 0.145. The second-order valence-corrected chi connectivity index (χ2v) is 17.6. The van der Waals surface area contributed by atoms with Gasteiger partial charge < -0.3 is 4.90 Å². The van der Waals surface area contributed by atoms with Crippen LogP contribution in [0.25, 0.3) is 88.0 Å². The first-order valence-corrected chi connectivity index (χ1v) is 22.3. The molecule has 0 saturated carbocycles. The molecule has 1 aliphatic carbocycles. The van der Waals surface area contributed by atoms with Crippen LogP contribution in [-0.2, 0) is 5.41 Å². The number of rotatable bonds is 7. The summed E-state index contributed by atoms with van der Waals surface area (Å²) in [5.74, 6) is 0. The summed E-state index contributed by atoms with van der Waals surface area (Å²) in [5, 5.41) is 7.49. The van der Waals surface area contributed by atoms with E-state index in [-0.39, 0.29) is 5.41 Å². The Hall–Kier alpha value is -8.00. The molecule has 0 aromatic heterocycles. The molecule has 302 valence electrons. The van der Waals surface area contributed by atoms with Crippen molar-refractivity contribution in [3.63, 3.8) is 0 Å². The number of benzene rings is 11. The molecule has 0 heterocycles. The van der Waals surface area contributed by atoms with Gasteiger partial charge in [0, 0.05) is 22.2 Å². The van der Waals surface area contributed by atoms with Gasteiger partial charge in [0.2, 0.25) is 0 Å². The highest BCUT2D eigenvalue weighted by molar-refractivity contribution is 6.13. The molecule has 1 heteroatoms. The number of hydrogen-bond acceptors (Lipinski definition) is 1. The van der Waals surface area contributed by atoms with Crippen molar-refractivity contribution in [1.29, 1.82) is 0 Å². The topological polar surface area (TPSA) is 3.24 Å². The Morgan fingerprint density at radius 1 is 0.312 bits per heavy atom. The number of hydrogen-bond donors (Lipinski definition) is 0. The molecule has 0 radical (unpaired) electrons. The van der Waals surface area contributed by atoms with Crippen molar-refractivity contribution in [3.05, 3.63) is 248 Å². The van der Waals surface area contributed by atoms with E-state index in [0.717, 1.165) is 22.6 Å². The molecule has 0 spiro atoms. The van der Waals surface area contributed by atoms with Crippen molar-refractivity contribution in [3.8, 4) is 55.6 Å². The third-order valence-corrected chi connectivity index (χ3v) is 13.7. The molecule has 1 aliphatic rings. The summed E-state index contributed by atoms with van der Waals surface area (Å²) in [6, 6.07) is 87.3. The lowest BCUT2D eigenvalue weighted by atomic mass is 9.82. The smallest absolute Gasteiger partial charge is 0.0540 e. The van der Waals surface area contributed by atoms with E-state index >= 15 is 0 Å². The Bertz CT molecular complexity index is 3590. The van der Waals surface area contributed by atoms with Crippen molar-refractivity contribution in [1.82, 2.24) is 0 Å². The van der Waals surface area contributed by atoms with Crippen molar-refractivity contribution < 1.29 is 0 Å². The number of para-hydroxylation sites is 2. The fraction of sp³-hybridized carbons (Fsp3) is 0.0476. The molecule has 11 aromatic rings. The zero-order valence-corrected chi connectivity index (χ0v) is 36.0. The van der Waals surface area contributed by atoms with E-state index in [1.807, 2.05) is 0 Å². The first-order valence-electron chi connectivity index (χ1n) is 22.3. The van der Waals surface area contributed by atoms with Crippen molar-refractivity contribution in [2.45, 2.75) is 19.3 Å². The highest BCUT2D eigenvalue weighted by Gasteiger charge is 2.37. The van der Waals surface area contributed by atoms with E-state index in [0.29, 0.717) is 0 Å². The van der Waals surface area contributed by atoms with Crippen LogP contribution in [0.3, 0.4) is 0 Å². The van der Waals surface area contributed by atoms with Crippen molar-refractivity contribution in [2.75, 3.05) is 4.90 Å². The highest BCUT2D eigenvalue weighted by atomic mass is 15.1. The first kappa shape index (κ1) is 37.7. The lowest BCUT2D eigenvalue weighted by molar-refractivity contribution is 0.660. The molecule has 0 saturated heterocycles. The summed E-state index contributed by atoms with van der Waals surface area (Å²) >= 11 is 0. The monoisotopic (exact) mass is 815 g/mol. The van der Waals surface area contributed by atoms with Crippen LogP contribution < -0.4 is 4.90 Å². The summed E-state index contributed by atoms with van der Waals surface area (Å²) in [6.45, 7) is 4.73. The molecule has 0 amide bonds. The van der Waals surface area contributed by atoms with Crippen LogP contribution in [0.4, 0.5) is 17.1 Å². The lowest BCUT2D eigenvalue weighted by Gasteiger charge is -2.31. The minimum absolute atomic E-state index is 0.119. The second-order valence-electron chi connectivity index (χ2n) is 17.6. The van der Waals surface area contributed by atoms with E-state index in [4.69, 9.17) is 0 Å². The normalized spacial score (nSPS) is 12.7. The molecule has 12 rings (SSSR count). The van der Waals surface area contributed by atoms with Crippen LogP contribution in [0.5, 0.6) is 0 Å². The van der Waals surface area contributed by atoms with Gasteiger partial charge in [-0.3, -0.25) is 0 Å². The highest BCUT2D eigenvalue weighted by Crippen LogP contribution is 2.54. The predicted molar refractivity (Wildman–Crippen MR) is 273 cm³/mol. The fourth-order valence-corrected chi connectivity index (χ4v) is 10.7. The van der Waals surface area contributed by atoms with Gasteiger partial charge in [-0.1, -0.05) is 226 Å². The van der Waals surface area contributed by atoms with E-state index < -0.39 is 0 Å². The molecular formula is C63H45N. The van der Waals surface area contributed by atoms with Crippen LogP contribution in [-0.4, -0.2) is 0 Å². The molecule has 0 aliphatic heterocycles. The van der Waals surface area contributed by atoms with Crippen molar-refractivity contribution >= 4 is 49.4 Å². The Kier molecular flexibility index (Phi) is 8.91. The molecule has 64 heavy (non-hydrogen) atoms. The lowest BCUT2D eigenvalue weighted by Crippen LogP contribution is -2.15. The number of nitrogens with zero attached hydrogens (tertiary/aromatic N) is 1. The second kappa shape index (κ2) is 15.1. The summed E-state index contributed by atoms with van der Waals surface area (Å²) in [7, 11) is 0. The van der Waals surface area contributed by atoms with E-state index in [1.54, 1.807) is 0 Å². The number of anilines is 3. The molecule has 0 N–H and O–H groups in total. The average molecular weight is 816 g/mol.